The zero-order valence-corrected chi connectivity index (χ0v) is 12.5. The van der Waals surface area contributed by atoms with Gasteiger partial charge in [-0.2, -0.15) is 0 Å². The molecule has 0 aromatic heterocycles. The molecular weight excluding hydrogens is 262 g/mol. The molecular formula is C18H21NO2. The Labute approximate surface area is 125 Å². The number of benzene rings is 2. The summed E-state index contributed by atoms with van der Waals surface area (Å²) >= 11 is 0. The molecule has 21 heavy (non-hydrogen) atoms. The number of hydrogen-bond donors (Lipinski definition) is 1. The van der Waals surface area contributed by atoms with Gasteiger partial charge >= 0.3 is 0 Å². The maximum atomic E-state index is 6.59. The van der Waals surface area contributed by atoms with E-state index in [4.69, 9.17) is 15.2 Å². The highest BCUT2D eigenvalue weighted by molar-refractivity contribution is 5.46. The summed E-state index contributed by atoms with van der Waals surface area (Å²) in [6.07, 6.45) is 2.26. The van der Waals surface area contributed by atoms with Crippen molar-refractivity contribution in [3.8, 4) is 11.5 Å². The van der Waals surface area contributed by atoms with Gasteiger partial charge in [-0.3, -0.25) is 0 Å². The second-order valence-corrected chi connectivity index (χ2v) is 5.61. The molecule has 0 aliphatic heterocycles. The van der Waals surface area contributed by atoms with E-state index >= 15 is 0 Å². The van der Waals surface area contributed by atoms with Crippen LogP contribution in [-0.2, 0) is 5.41 Å². The van der Waals surface area contributed by atoms with Gasteiger partial charge in [0.05, 0.1) is 14.2 Å². The zero-order chi connectivity index (χ0) is 14.9. The van der Waals surface area contributed by atoms with Crippen molar-refractivity contribution in [1.82, 2.24) is 0 Å². The second kappa shape index (κ2) is 5.41. The Balaban J connectivity index is 1.94. The van der Waals surface area contributed by atoms with E-state index in [0.717, 1.165) is 29.9 Å². The van der Waals surface area contributed by atoms with Gasteiger partial charge in [-0.25, -0.2) is 0 Å². The van der Waals surface area contributed by atoms with E-state index in [1.807, 2.05) is 24.3 Å². The molecule has 1 aliphatic rings. The SMILES string of the molecule is COc1ccc(C(N)C2(c3ccccc3)CC2)cc1OC. The van der Waals surface area contributed by atoms with Crippen LogP contribution in [0, 0.1) is 0 Å². The third-order valence-corrected chi connectivity index (χ3v) is 4.50. The van der Waals surface area contributed by atoms with Crippen molar-refractivity contribution in [2.45, 2.75) is 24.3 Å². The maximum Gasteiger partial charge on any atom is 0.161 e. The first-order chi connectivity index (χ1) is 10.2. The highest BCUT2D eigenvalue weighted by atomic mass is 16.5. The van der Waals surface area contributed by atoms with Crippen molar-refractivity contribution < 1.29 is 9.47 Å². The fourth-order valence-electron chi connectivity index (χ4n) is 3.05. The van der Waals surface area contributed by atoms with E-state index in [1.165, 1.54) is 5.56 Å². The van der Waals surface area contributed by atoms with Crippen LogP contribution in [0.15, 0.2) is 48.5 Å². The summed E-state index contributed by atoms with van der Waals surface area (Å²) in [4.78, 5) is 0. The molecule has 2 aromatic rings. The Morgan fingerprint density at radius 2 is 1.62 bits per heavy atom. The number of methoxy groups -OCH3 is 2. The van der Waals surface area contributed by atoms with E-state index in [9.17, 15) is 0 Å². The Hall–Kier alpha value is -2.00. The summed E-state index contributed by atoms with van der Waals surface area (Å²) in [6, 6.07) is 16.5. The van der Waals surface area contributed by atoms with Crippen LogP contribution in [0.4, 0.5) is 0 Å². The van der Waals surface area contributed by atoms with E-state index in [2.05, 4.69) is 24.3 Å². The van der Waals surface area contributed by atoms with Gasteiger partial charge in [0.1, 0.15) is 0 Å². The molecule has 0 radical (unpaired) electrons. The first kappa shape index (κ1) is 14.0. The van der Waals surface area contributed by atoms with Crippen LogP contribution in [0.3, 0.4) is 0 Å². The van der Waals surface area contributed by atoms with Gasteiger partial charge in [0, 0.05) is 11.5 Å². The van der Waals surface area contributed by atoms with Crippen LogP contribution < -0.4 is 15.2 Å². The topological polar surface area (TPSA) is 44.5 Å². The minimum atomic E-state index is -0.0280. The molecule has 1 atom stereocenters. The third-order valence-electron chi connectivity index (χ3n) is 4.50. The van der Waals surface area contributed by atoms with Crippen LogP contribution in [0.5, 0.6) is 11.5 Å². The first-order valence-electron chi connectivity index (χ1n) is 7.24. The van der Waals surface area contributed by atoms with Gasteiger partial charge in [-0.1, -0.05) is 36.4 Å². The molecule has 0 heterocycles. The highest BCUT2D eigenvalue weighted by Gasteiger charge is 2.49. The van der Waals surface area contributed by atoms with Crippen molar-refractivity contribution in [2.24, 2.45) is 5.73 Å². The molecule has 3 rings (SSSR count). The minimum absolute atomic E-state index is 0.0280. The van der Waals surface area contributed by atoms with Gasteiger partial charge in [0.15, 0.2) is 11.5 Å². The lowest BCUT2D eigenvalue weighted by Crippen LogP contribution is -2.26. The molecule has 0 bridgehead atoms. The normalized spacial score (nSPS) is 17.1. The van der Waals surface area contributed by atoms with E-state index < -0.39 is 0 Å². The molecule has 3 heteroatoms. The molecule has 2 N–H and O–H groups in total. The fourth-order valence-corrected chi connectivity index (χ4v) is 3.05. The molecule has 1 saturated carbocycles. The van der Waals surface area contributed by atoms with Crippen LogP contribution in [0.2, 0.25) is 0 Å². The summed E-state index contributed by atoms with van der Waals surface area (Å²) in [5, 5.41) is 0. The first-order valence-corrected chi connectivity index (χ1v) is 7.24. The van der Waals surface area contributed by atoms with Crippen molar-refractivity contribution in [1.29, 1.82) is 0 Å². The van der Waals surface area contributed by atoms with Gasteiger partial charge in [-0.15, -0.1) is 0 Å². The average Bonchev–Trinajstić information content (AvgIpc) is 3.36. The van der Waals surface area contributed by atoms with Crippen LogP contribution in [0.1, 0.15) is 30.0 Å². The fraction of sp³-hybridized carbons (Fsp3) is 0.333. The summed E-state index contributed by atoms with van der Waals surface area (Å²) in [5.74, 6) is 1.47. The predicted molar refractivity (Wildman–Crippen MR) is 83.8 cm³/mol. The van der Waals surface area contributed by atoms with Crippen LogP contribution in [0.25, 0.3) is 0 Å². The Morgan fingerprint density at radius 3 is 2.19 bits per heavy atom. The van der Waals surface area contributed by atoms with Crippen LogP contribution in [-0.4, -0.2) is 14.2 Å². The standard InChI is InChI=1S/C18H21NO2/c1-20-15-9-8-13(12-16(15)21-2)17(19)18(10-11-18)14-6-4-3-5-7-14/h3-9,12,17H,10-11,19H2,1-2H3. The van der Waals surface area contributed by atoms with Gasteiger partial charge < -0.3 is 15.2 Å². The van der Waals surface area contributed by atoms with Gasteiger partial charge in [-0.05, 0) is 36.1 Å². The van der Waals surface area contributed by atoms with Crippen LogP contribution >= 0.6 is 0 Å². The van der Waals surface area contributed by atoms with E-state index in [-0.39, 0.29) is 11.5 Å². The maximum absolute atomic E-state index is 6.59. The number of rotatable bonds is 5. The lowest BCUT2D eigenvalue weighted by Gasteiger charge is -2.25. The summed E-state index contributed by atoms with van der Waals surface area (Å²) in [7, 11) is 3.29. The largest absolute Gasteiger partial charge is 0.493 e. The quantitative estimate of drug-likeness (QED) is 0.914. The summed E-state index contributed by atoms with van der Waals surface area (Å²) in [5.41, 5.74) is 9.07. The van der Waals surface area contributed by atoms with E-state index in [1.54, 1.807) is 14.2 Å². The summed E-state index contributed by atoms with van der Waals surface area (Å²) < 4.78 is 10.7. The van der Waals surface area contributed by atoms with Crippen molar-refractivity contribution in [3.63, 3.8) is 0 Å². The summed E-state index contributed by atoms with van der Waals surface area (Å²) in [6.45, 7) is 0. The zero-order valence-electron chi connectivity index (χ0n) is 12.5. The monoisotopic (exact) mass is 283 g/mol. The molecule has 3 nitrogen and oxygen atoms in total. The van der Waals surface area contributed by atoms with Gasteiger partial charge in [0.2, 0.25) is 0 Å². The minimum Gasteiger partial charge on any atom is -0.493 e. The third kappa shape index (κ3) is 2.38. The molecule has 2 aromatic carbocycles. The predicted octanol–water partition coefficient (Wildman–Crippen LogP) is 3.44. The molecule has 0 saturated heterocycles. The van der Waals surface area contributed by atoms with Gasteiger partial charge in [0.25, 0.3) is 0 Å². The molecule has 110 valence electrons. The molecule has 0 spiro atoms. The smallest absolute Gasteiger partial charge is 0.161 e. The Bertz CT molecular complexity index is 620. The Morgan fingerprint density at radius 1 is 0.952 bits per heavy atom. The average molecular weight is 283 g/mol. The molecule has 1 fully saturated rings. The lowest BCUT2D eigenvalue weighted by atomic mass is 9.84. The number of nitrogens with two attached hydrogens (primary N) is 1. The second-order valence-electron chi connectivity index (χ2n) is 5.61. The number of ether oxygens (including phenoxy) is 2. The Kier molecular flexibility index (Phi) is 3.60. The highest BCUT2D eigenvalue weighted by Crippen LogP contribution is 2.55. The van der Waals surface area contributed by atoms with E-state index in [0.29, 0.717) is 0 Å². The van der Waals surface area contributed by atoms with Crippen molar-refractivity contribution in [2.75, 3.05) is 14.2 Å². The van der Waals surface area contributed by atoms with Crippen molar-refractivity contribution >= 4 is 0 Å². The lowest BCUT2D eigenvalue weighted by molar-refractivity contribution is 0.353. The molecule has 1 aliphatic carbocycles. The molecule has 1 unspecified atom stereocenters. The number of hydrogen-bond acceptors (Lipinski definition) is 3. The van der Waals surface area contributed by atoms with Crippen molar-refractivity contribution in [3.05, 3.63) is 59.7 Å². The molecule has 0 amide bonds.